The molecule has 4 rings (SSSR count). The van der Waals surface area contributed by atoms with Gasteiger partial charge < -0.3 is 19.4 Å². The molecule has 1 heterocycles. The van der Waals surface area contributed by atoms with E-state index in [0.717, 1.165) is 22.4 Å². The summed E-state index contributed by atoms with van der Waals surface area (Å²) in [6, 6.07) is 24.0. The van der Waals surface area contributed by atoms with Gasteiger partial charge >= 0.3 is 0 Å². The number of pyridine rings is 1. The molecule has 3 aromatic carbocycles. The molecule has 0 fully saturated rings. The number of methoxy groups -OCH3 is 1. The molecule has 0 radical (unpaired) electrons. The van der Waals surface area contributed by atoms with E-state index in [-0.39, 0.29) is 11.5 Å². The maximum atomic E-state index is 13.0. The molecule has 6 nitrogen and oxygen atoms in total. The van der Waals surface area contributed by atoms with Gasteiger partial charge in [0.15, 0.2) is 0 Å². The third-order valence-corrected chi connectivity index (χ3v) is 5.17. The van der Waals surface area contributed by atoms with Crippen LogP contribution in [0.3, 0.4) is 0 Å². The zero-order valence-electron chi connectivity index (χ0n) is 17.8. The van der Waals surface area contributed by atoms with E-state index in [1.165, 1.54) is 0 Å². The van der Waals surface area contributed by atoms with Crippen molar-refractivity contribution in [1.82, 2.24) is 9.88 Å². The van der Waals surface area contributed by atoms with Crippen LogP contribution >= 0.6 is 0 Å². The number of ether oxygens (including phenoxy) is 2. The Morgan fingerprint density at radius 3 is 2.56 bits per heavy atom. The van der Waals surface area contributed by atoms with Crippen molar-refractivity contribution in [2.24, 2.45) is 0 Å². The fourth-order valence-corrected chi connectivity index (χ4v) is 3.44. The molecule has 1 N–H and O–H groups in total. The predicted octanol–water partition coefficient (Wildman–Crippen LogP) is 4.02. The molecule has 4 aromatic rings. The molecule has 0 bridgehead atoms. The van der Waals surface area contributed by atoms with Crippen LogP contribution < -0.4 is 20.3 Å². The van der Waals surface area contributed by atoms with Gasteiger partial charge in [-0.15, -0.1) is 0 Å². The minimum Gasteiger partial charge on any atom is -0.497 e. The highest BCUT2D eigenvalue weighted by Crippen LogP contribution is 2.15. The summed E-state index contributed by atoms with van der Waals surface area (Å²) in [7, 11) is 1.60. The number of carbonyl (C=O) groups is 1. The van der Waals surface area contributed by atoms with Gasteiger partial charge in [0.1, 0.15) is 18.1 Å². The highest BCUT2D eigenvalue weighted by Gasteiger charge is 2.10. The lowest BCUT2D eigenvalue weighted by Crippen LogP contribution is -2.25. The number of fused-ring (bicyclic) bond motifs is 1. The van der Waals surface area contributed by atoms with Crippen LogP contribution in [-0.2, 0) is 13.1 Å². The first-order chi connectivity index (χ1) is 15.6. The summed E-state index contributed by atoms with van der Waals surface area (Å²) >= 11 is 0. The largest absolute Gasteiger partial charge is 0.497 e. The van der Waals surface area contributed by atoms with Gasteiger partial charge in [0.2, 0.25) is 0 Å². The number of nitrogens with zero attached hydrogens (tertiary/aromatic N) is 1. The van der Waals surface area contributed by atoms with Crippen LogP contribution in [0.4, 0.5) is 0 Å². The van der Waals surface area contributed by atoms with Crippen molar-refractivity contribution in [2.75, 3.05) is 13.7 Å². The molecule has 0 aliphatic carbocycles. The van der Waals surface area contributed by atoms with Crippen LogP contribution in [0.5, 0.6) is 11.5 Å². The van der Waals surface area contributed by atoms with E-state index in [2.05, 4.69) is 5.32 Å². The lowest BCUT2D eigenvalue weighted by molar-refractivity contribution is 0.0951. The monoisotopic (exact) mass is 428 g/mol. The Morgan fingerprint density at radius 1 is 0.938 bits per heavy atom. The zero-order chi connectivity index (χ0) is 22.3. The van der Waals surface area contributed by atoms with Gasteiger partial charge in [-0.25, -0.2) is 0 Å². The molecular formula is C26H24N2O4. The minimum absolute atomic E-state index is 0.151. The molecule has 0 aliphatic heterocycles. The molecule has 0 aliphatic rings. The molecular weight excluding hydrogens is 404 g/mol. The summed E-state index contributed by atoms with van der Waals surface area (Å²) in [5.41, 5.74) is 1.22. The summed E-state index contributed by atoms with van der Waals surface area (Å²) in [5.74, 6) is 1.26. The first kappa shape index (κ1) is 21.2. The number of nitrogens with one attached hydrogen (secondary N) is 1. The highest BCUT2D eigenvalue weighted by molar-refractivity contribution is 5.98. The van der Waals surface area contributed by atoms with Gasteiger partial charge in [0.25, 0.3) is 11.5 Å². The lowest BCUT2D eigenvalue weighted by atomic mass is 10.1. The smallest absolute Gasteiger partial charge is 0.258 e. The Bertz CT molecular complexity index is 1280. The normalized spacial score (nSPS) is 10.7. The van der Waals surface area contributed by atoms with Gasteiger partial charge in [0, 0.05) is 23.7 Å². The van der Waals surface area contributed by atoms with Crippen LogP contribution in [0.25, 0.3) is 10.8 Å². The number of carbonyl (C=O) groups excluding carboxylic acids is 1. The number of amides is 1. The fourth-order valence-electron chi connectivity index (χ4n) is 3.44. The number of hydrogen-bond acceptors (Lipinski definition) is 4. The summed E-state index contributed by atoms with van der Waals surface area (Å²) in [6.45, 7) is 1.15. The Hall–Kier alpha value is -4.06. The molecule has 0 unspecified atom stereocenters. The number of para-hydroxylation sites is 1. The van der Waals surface area contributed by atoms with Crippen LogP contribution in [-0.4, -0.2) is 24.2 Å². The Morgan fingerprint density at radius 2 is 1.75 bits per heavy atom. The van der Waals surface area contributed by atoms with E-state index >= 15 is 0 Å². The van der Waals surface area contributed by atoms with Crippen molar-refractivity contribution in [2.45, 2.75) is 13.1 Å². The topological polar surface area (TPSA) is 69.6 Å². The molecule has 0 atom stereocenters. The Kier molecular flexibility index (Phi) is 6.51. The van der Waals surface area contributed by atoms with Crippen LogP contribution in [0.15, 0.2) is 89.9 Å². The average Bonchev–Trinajstić information content (AvgIpc) is 2.84. The second-order valence-corrected chi connectivity index (χ2v) is 7.31. The van der Waals surface area contributed by atoms with E-state index in [9.17, 15) is 9.59 Å². The number of aromatic nitrogens is 1. The Labute approximate surface area is 186 Å². The third kappa shape index (κ3) is 4.98. The number of hydrogen-bond donors (Lipinski definition) is 1. The lowest BCUT2D eigenvalue weighted by Gasteiger charge is -2.10. The van der Waals surface area contributed by atoms with E-state index in [4.69, 9.17) is 9.47 Å². The van der Waals surface area contributed by atoms with Crippen molar-refractivity contribution in [3.05, 3.63) is 107 Å². The molecule has 0 saturated carbocycles. The van der Waals surface area contributed by atoms with Crippen molar-refractivity contribution in [3.8, 4) is 11.5 Å². The van der Waals surface area contributed by atoms with E-state index in [0.29, 0.717) is 30.6 Å². The molecule has 32 heavy (non-hydrogen) atoms. The quantitative estimate of drug-likeness (QED) is 0.460. The minimum atomic E-state index is -0.239. The zero-order valence-corrected chi connectivity index (χ0v) is 17.8. The SMILES string of the molecule is COc1cccc(CNC(=O)c2ccc3ccn(CCOc4ccccc4)c(=O)c3c2)c1. The maximum absolute atomic E-state index is 13.0. The standard InChI is InChI=1S/C26H24N2O4/c1-31-23-9-5-6-19(16-23)18-27-25(29)21-11-10-20-12-13-28(26(30)24(20)17-21)14-15-32-22-7-3-2-4-8-22/h2-13,16-17H,14-15,18H2,1H3,(H,27,29). The first-order valence-corrected chi connectivity index (χ1v) is 10.4. The van der Waals surface area contributed by atoms with Crippen molar-refractivity contribution < 1.29 is 14.3 Å². The first-order valence-electron chi connectivity index (χ1n) is 10.4. The summed E-state index contributed by atoms with van der Waals surface area (Å²) in [5, 5.41) is 4.19. The van der Waals surface area contributed by atoms with Gasteiger partial charge in [0.05, 0.1) is 13.7 Å². The summed E-state index contributed by atoms with van der Waals surface area (Å²) < 4.78 is 12.5. The van der Waals surface area contributed by atoms with Crippen molar-refractivity contribution >= 4 is 16.7 Å². The van der Waals surface area contributed by atoms with Gasteiger partial charge in [-0.3, -0.25) is 9.59 Å². The summed E-state index contributed by atoms with van der Waals surface area (Å²) in [4.78, 5) is 25.6. The van der Waals surface area contributed by atoms with E-state index < -0.39 is 0 Å². The third-order valence-electron chi connectivity index (χ3n) is 5.17. The molecule has 0 spiro atoms. The second-order valence-electron chi connectivity index (χ2n) is 7.31. The van der Waals surface area contributed by atoms with Gasteiger partial charge in [-0.1, -0.05) is 36.4 Å². The molecule has 1 amide bonds. The van der Waals surface area contributed by atoms with Crippen LogP contribution in [0.1, 0.15) is 15.9 Å². The molecule has 6 heteroatoms. The van der Waals surface area contributed by atoms with E-state index in [1.807, 2.05) is 60.7 Å². The van der Waals surface area contributed by atoms with Gasteiger partial charge in [-0.2, -0.15) is 0 Å². The Balaban J connectivity index is 1.46. The van der Waals surface area contributed by atoms with Crippen LogP contribution in [0.2, 0.25) is 0 Å². The fraction of sp³-hybridized carbons (Fsp3) is 0.154. The predicted molar refractivity (Wildman–Crippen MR) is 124 cm³/mol. The molecule has 162 valence electrons. The van der Waals surface area contributed by atoms with Gasteiger partial charge in [-0.05, 0) is 53.4 Å². The highest BCUT2D eigenvalue weighted by atomic mass is 16.5. The summed E-state index contributed by atoms with van der Waals surface area (Å²) in [6.07, 6.45) is 1.75. The van der Waals surface area contributed by atoms with Crippen molar-refractivity contribution in [3.63, 3.8) is 0 Å². The van der Waals surface area contributed by atoms with E-state index in [1.54, 1.807) is 36.1 Å². The maximum Gasteiger partial charge on any atom is 0.258 e. The number of rotatable bonds is 8. The van der Waals surface area contributed by atoms with Crippen LogP contribution in [0, 0.1) is 0 Å². The second kappa shape index (κ2) is 9.83. The average molecular weight is 428 g/mol. The molecule has 0 saturated heterocycles. The molecule has 1 aromatic heterocycles. The van der Waals surface area contributed by atoms with Crippen molar-refractivity contribution in [1.29, 1.82) is 0 Å². The number of benzene rings is 3.